The van der Waals surface area contributed by atoms with E-state index in [-0.39, 0.29) is 12.0 Å². The summed E-state index contributed by atoms with van der Waals surface area (Å²) >= 11 is 0. The molecule has 20 heavy (non-hydrogen) atoms. The van der Waals surface area contributed by atoms with Gasteiger partial charge in [0.05, 0.1) is 12.5 Å². The third-order valence-electron chi connectivity index (χ3n) is 3.69. The molecular weight excluding hydrogens is 252 g/mol. The number of ether oxygens (including phenoxy) is 1. The monoisotopic (exact) mass is 276 g/mol. The van der Waals surface area contributed by atoms with E-state index < -0.39 is 0 Å². The first kappa shape index (κ1) is 14.9. The Hall–Kier alpha value is -1.55. The Morgan fingerprint density at radius 2 is 2.25 bits per heavy atom. The summed E-state index contributed by atoms with van der Waals surface area (Å²) in [5.41, 5.74) is 7.73. The highest BCUT2D eigenvalue weighted by Gasteiger charge is 2.22. The third-order valence-corrected chi connectivity index (χ3v) is 3.69. The highest BCUT2D eigenvalue weighted by Crippen LogP contribution is 2.19. The summed E-state index contributed by atoms with van der Waals surface area (Å²) in [7, 11) is 0. The van der Waals surface area contributed by atoms with Gasteiger partial charge in [-0.1, -0.05) is 25.1 Å². The number of hydrogen-bond acceptors (Lipinski definition) is 3. The standard InChI is InChI=1S/C16H24N2O2/c1-2-9-18(12-13-6-3-4-8-15(13)17)16(19)11-14-7-5-10-20-14/h3-4,6,8,14H,2,5,7,9-12,17H2,1H3. The van der Waals surface area contributed by atoms with E-state index in [2.05, 4.69) is 6.92 Å². The van der Waals surface area contributed by atoms with Gasteiger partial charge in [0, 0.05) is 25.4 Å². The van der Waals surface area contributed by atoms with Gasteiger partial charge < -0.3 is 15.4 Å². The van der Waals surface area contributed by atoms with Crippen molar-refractivity contribution in [3.8, 4) is 0 Å². The molecule has 1 amide bonds. The van der Waals surface area contributed by atoms with E-state index in [1.54, 1.807) is 0 Å². The van der Waals surface area contributed by atoms with Crippen LogP contribution in [0, 0.1) is 0 Å². The quantitative estimate of drug-likeness (QED) is 0.812. The Kier molecular flexibility index (Phi) is 5.41. The largest absolute Gasteiger partial charge is 0.398 e. The molecule has 1 aromatic rings. The average Bonchev–Trinajstić information content (AvgIpc) is 2.93. The summed E-state index contributed by atoms with van der Waals surface area (Å²) in [6.45, 7) is 4.23. The highest BCUT2D eigenvalue weighted by atomic mass is 16.5. The van der Waals surface area contributed by atoms with Crippen molar-refractivity contribution in [2.75, 3.05) is 18.9 Å². The van der Waals surface area contributed by atoms with E-state index in [4.69, 9.17) is 10.5 Å². The fourth-order valence-corrected chi connectivity index (χ4v) is 2.57. The fraction of sp³-hybridized carbons (Fsp3) is 0.562. The number of anilines is 1. The number of nitrogens with zero attached hydrogens (tertiary/aromatic N) is 1. The minimum absolute atomic E-state index is 0.106. The molecule has 1 unspecified atom stereocenters. The minimum Gasteiger partial charge on any atom is -0.398 e. The lowest BCUT2D eigenvalue weighted by Crippen LogP contribution is -2.33. The van der Waals surface area contributed by atoms with Crippen LogP contribution in [0.2, 0.25) is 0 Å². The average molecular weight is 276 g/mol. The van der Waals surface area contributed by atoms with Crippen molar-refractivity contribution in [2.45, 2.75) is 45.3 Å². The molecule has 0 radical (unpaired) electrons. The molecule has 110 valence electrons. The van der Waals surface area contributed by atoms with Gasteiger partial charge in [0.2, 0.25) is 5.91 Å². The lowest BCUT2D eigenvalue weighted by Gasteiger charge is -2.24. The van der Waals surface area contributed by atoms with Gasteiger partial charge in [-0.3, -0.25) is 4.79 Å². The zero-order chi connectivity index (χ0) is 14.4. The van der Waals surface area contributed by atoms with Crippen LogP contribution in [0.15, 0.2) is 24.3 Å². The van der Waals surface area contributed by atoms with Crippen molar-refractivity contribution in [3.05, 3.63) is 29.8 Å². The molecule has 4 heteroatoms. The van der Waals surface area contributed by atoms with E-state index in [1.807, 2.05) is 29.2 Å². The number of hydrogen-bond donors (Lipinski definition) is 1. The zero-order valence-electron chi connectivity index (χ0n) is 12.2. The highest BCUT2D eigenvalue weighted by molar-refractivity contribution is 5.77. The van der Waals surface area contributed by atoms with E-state index in [1.165, 1.54) is 0 Å². The van der Waals surface area contributed by atoms with E-state index >= 15 is 0 Å². The lowest BCUT2D eigenvalue weighted by atomic mass is 10.1. The van der Waals surface area contributed by atoms with Crippen LogP contribution in [0.3, 0.4) is 0 Å². The summed E-state index contributed by atoms with van der Waals surface area (Å²) < 4.78 is 5.55. The molecular formula is C16H24N2O2. The van der Waals surface area contributed by atoms with E-state index in [0.29, 0.717) is 13.0 Å². The normalized spacial score (nSPS) is 18.1. The second-order valence-electron chi connectivity index (χ2n) is 5.35. The molecule has 1 aromatic carbocycles. The first-order chi connectivity index (χ1) is 9.70. The van der Waals surface area contributed by atoms with Gasteiger partial charge in [-0.05, 0) is 30.9 Å². The maximum absolute atomic E-state index is 12.4. The number of para-hydroxylation sites is 1. The molecule has 2 N–H and O–H groups in total. The van der Waals surface area contributed by atoms with Gasteiger partial charge >= 0.3 is 0 Å². The van der Waals surface area contributed by atoms with E-state index in [0.717, 1.165) is 43.7 Å². The second kappa shape index (κ2) is 7.29. The van der Waals surface area contributed by atoms with Crippen LogP contribution < -0.4 is 5.73 Å². The summed E-state index contributed by atoms with van der Waals surface area (Å²) in [6.07, 6.45) is 3.61. The van der Waals surface area contributed by atoms with Gasteiger partial charge in [0.1, 0.15) is 0 Å². The van der Waals surface area contributed by atoms with Crippen molar-refractivity contribution >= 4 is 11.6 Å². The number of nitrogens with two attached hydrogens (primary N) is 1. The molecule has 1 atom stereocenters. The van der Waals surface area contributed by atoms with Crippen LogP contribution in [0.1, 0.15) is 38.2 Å². The Morgan fingerprint density at radius 1 is 1.45 bits per heavy atom. The van der Waals surface area contributed by atoms with Crippen LogP contribution in [0.25, 0.3) is 0 Å². The number of carbonyl (C=O) groups excluding carboxylic acids is 1. The number of amides is 1. The number of nitrogen functional groups attached to an aromatic ring is 1. The van der Waals surface area contributed by atoms with Crippen molar-refractivity contribution in [1.29, 1.82) is 0 Å². The molecule has 0 aromatic heterocycles. The summed E-state index contributed by atoms with van der Waals surface area (Å²) in [5, 5.41) is 0. The van der Waals surface area contributed by atoms with Crippen molar-refractivity contribution in [1.82, 2.24) is 4.90 Å². The van der Waals surface area contributed by atoms with Crippen molar-refractivity contribution in [2.24, 2.45) is 0 Å². The van der Waals surface area contributed by atoms with Crippen molar-refractivity contribution < 1.29 is 9.53 Å². The van der Waals surface area contributed by atoms with Crippen LogP contribution in [0.5, 0.6) is 0 Å². The Morgan fingerprint density at radius 3 is 2.90 bits per heavy atom. The first-order valence-corrected chi connectivity index (χ1v) is 7.43. The Labute approximate surface area is 120 Å². The van der Waals surface area contributed by atoms with Gasteiger partial charge in [-0.25, -0.2) is 0 Å². The van der Waals surface area contributed by atoms with Crippen LogP contribution in [0.4, 0.5) is 5.69 Å². The third kappa shape index (κ3) is 3.97. The predicted octanol–water partition coefficient (Wildman–Crippen LogP) is 2.58. The zero-order valence-corrected chi connectivity index (χ0v) is 12.2. The van der Waals surface area contributed by atoms with Gasteiger partial charge in [-0.15, -0.1) is 0 Å². The molecule has 0 aliphatic carbocycles. The van der Waals surface area contributed by atoms with Gasteiger partial charge in [0.15, 0.2) is 0 Å². The molecule has 1 aliphatic rings. The first-order valence-electron chi connectivity index (χ1n) is 7.43. The molecule has 1 saturated heterocycles. The maximum Gasteiger partial charge on any atom is 0.225 e. The van der Waals surface area contributed by atoms with E-state index in [9.17, 15) is 4.79 Å². The van der Waals surface area contributed by atoms with Crippen LogP contribution >= 0.6 is 0 Å². The molecule has 1 fully saturated rings. The summed E-state index contributed by atoms with van der Waals surface area (Å²) in [6, 6.07) is 7.74. The van der Waals surface area contributed by atoms with Crippen molar-refractivity contribution in [3.63, 3.8) is 0 Å². The maximum atomic E-state index is 12.4. The van der Waals surface area contributed by atoms with Gasteiger partial charge in [-0.2, -0.15) is 0 Å². The summed E-state index contributed by atoms with van der Waals surface area (Å²) in [4.78, 5) is 14.3. The Balaban J connectivity index is 1.98. The molecule has 2 rings (SSSR count). The second-order valence-corrected chi connectivity index (χ2v) is 5.35. The van der Waals surface area contributed by atoms with Gasteiger partial charge in [0.25, 0.3) is 0 Å². The predicted molar refractivity (Wildman–Crippen MR) is 80.2 cm³/mol. The summed E-state index contributed by atoms with van der Waals surface area (Å²) in [5.74, 6) is 0.169. The fourth-order valence-electron chi connectivity index (χ4n) is 2.57. The molecule has 1 aliphatic heterocycles. The van der Waals surface area contributed by atoms with Crippen LogP contribution in [-0.4, -0.2) is 30.1 Å². The molecule has 0 bridgehead atoms. The molecule has 1 heterocycles. The van der Waals surface area contributed by atoms with Crippen LogP contribution in [-0.2, 0) is 16.1 Å². The minimum atomic E-state index is 0.106. The SMILES string of the molecule is CCCN(Cc1ccccc1N)C(=O)CC1CCCO1. The molecule has 0 spiro atoms. The Bertz CT molecular complexity index is 442. The number of benzene rings is 1. The number of rotatable bonds is 6. The molecule has 4 nitrogen and oxygen atoms in total. The smallest absolute Gasteiger partial charge is 0.225 e. The lowest BCUT2D eigenvalue weighted by molar-refractivity contribution is -0.134. The molecule has 0 saturated carbocycles. The number of carbonyl (C=O) groups is 1. The topological polar surface area (TPSA) is 55.6 Å².